The quantitative estimate of drug-likeness (QED) is 0.0365. The number of aliphatic hydroxyl groups is 4. The number of amides is 4. The molecule has 35 heteroatoms. The Morgan fingerprint density at radius 2 is 1.47 bits per heavy atom. The van der Waals surface area contributed by atoms with Crippen LogP contribution in [0.2, 0.25) is 0 Å². The number of phosphoric ester groups is 2. The Labute approximate surface area is 393 Å². The van der Waals surface area contributed by atoms with Crippen molar-refractivity contribution in [2.24, 2.45) is 5.73 Å². The molecule has 2 fully saturated rings. The average molecular weight is 1050 g/mol. The van der Waals surface area contributed by atoms with Gasteiger partial charge in [0, 0.05) is 25.6 Å². The van der Waals surface area contributed by atoms with E-state index in [9.17, 15) is 92.7 Å². The second-order valence-electron chi connectivity index (χ2n) is 15.7. The first kappa shape index (κ1) is 59.2. The minimum Gasteiger partial charge on any atom is -0.480 e. The van der Waals surface area contributed by atoms with Gasteiger partial charge in [-0.15, -0.1) is 0 Å². The number of ether oxygens (including phenoxy) is 3. The molecule has 0 bridgehead atoms. The number of carboxylic acids is 3. The van der Waals surface area contributed by atoms with Crippen molar-refractivity contribution in [3.8, 4) is 0 Å². The molecule has 3 rings (SSSR count). The van der Waals surface area contributed by atoms with Crippen molar-refractivity contribution in [2.45, 2.75) is 138 Å². The molecule has 2 saturated heterocycles. The molecule has 4 amide bonds. The summed E-state index contributed by atoms with van der Waals surface area (Å²) in [5, 5.41) is 78.4. The summed E-state index contributed by atoms with van der Waals surface area (Å²) in [6.45, 7) is 0.794. The van der Waals surface area contributed by atoms with E-state index >= 15 is 0 Å². The second-order valence-corrected chi connectivity index (χ2v) is 18.7. The van der Waals surface area contributed by atoms with Gasteiger partial charge in [-0.2, -0.15) is 4.31 Å². The lowest BCUT2D eigenvalue weighted by atomic mass is 9.96. The lowest BCUT2D eigenvalue weighted by Crippen LogP contribution is -2.66. The van der Waals surface area contributed by atoms with Crippen molar-refractivity contribution in [3.63, 3.8) is 0 Å². The third-order valence-electron chi connectivity index (χ3n) is 10.2. The first-order chi connectivity index (χ1) is 32.5. The summed E-state index contributed by atoms with van der Waals surface area (Å²) in [5.74, 6) is -8.57. The van der Waals surface area contributed by atoms with Crippen molar-refractivity contribution in [1.29, 1.82) is 0 Å². The van der Waals surface area contributed by atoms with Gasteiger partial charge in [0.2, 0.25) is 23.6 Å². The van der Waals surface area contributed by atoms with Crippen molar-refractivity contribution in [2.75, 3.05) is 13.2 Å². The SMILES string of the molecule is CC(=O)N[C@H]1C(OP(=O)(O)OP(=O)(O)OC[C@H]2O[C@@H](n3ccc(=O)[nH]c3=O)[C@H](O)[C@@H]2O)O[C@H](CO)[C@@H](O)[C@@H]1OC(C)C(=O)N[C@@H](C)C(=O)N[C@H](CCC(=O)NC(CCCC(N)C(=O)O)C(=O)O)C(=O)O. The summed E-state index contributed by atoms with van der Waals surface area (Å²) in [6, 6.07) is -7.11. The highest BCUT2D eigenvalue weighted by molar-refractivity contribution is 7.61. The fourth-order valence-corrected chi connectivity index (χ4v) is 8.78. The third kappa shape index (κ3) is 17.3. The standard InChI is InChI=1S/C35H55N7O26P2/c1-13(28(50)40-18(33(56)57)7-8-21(45)39-17(32(54)55)6-4-5-16(36)31(52)53)37-29(51)14(2)64-27-23(38-15(3)44)34(66-19(11-43)25(27)48)67-70(61,62)68-69(59,60)63-12-20-24(47)26(49)30(65-20)42-10-9-22(46)41-35(42)58/h9-10,13-14,16-20,23-27,30,34,43,47-49H,4-8,11-12,36H2,1-3H3,(H,37,51)(H,38,44)(H,39,45)(H,40,50)(H,52,53)(H,54,55)(H,56,57)(H,59,60)(H,61,62)(H,41,46,58)/t13-,14?,16?,17?,18+,19+,20+,23+,24+,25+,26+,27+,30+,34?/m0/s1. The van der Waals surface area contributed by atoms with Crippen LogP contribution < -0.4 is 38.2 Å². The van der Waals surface area contributed by atoms with Gasteiger partial charge in [-0.05, 0) is 39.5 Å². The van der Waals surface area contributed by atoms with Crippen LogP contribution in [0.5, 0.6) is 0 Å². The Balaban J connectivity index is 1.64. The van der Waals surface area contributed by atoms with Crippen molar-refractivity contribution in [3.05, 3.63) is 33.1 Å². The highest BCUT2D eigenvalue weighted by Gasteiger charge is 2.52. The molecule has 16 N–H and O–H groups in total. The van der Waals surface area contributed by atoms with Crippen molar-refractivity contribution >= 4 is 57.2 Å². The number of rotatable bonds is 27. The number of carboxylic acid groups (broad SMARTS) is 3. The first-order valence-corrected chi connectivity index (χ1v) is 23.7. The minimum atomic E-state index is -5.94. The van der Waals surface area contributed by atoms with E-state index in [4.69, 9.17) is 29.6 Å². The maximum Gasteiger partial charge on any atom is 0.483 e. The zero-order chi connectivity index (χ0) is 53.0. The van der Waals surface area contributed by atoms with Crippen LogP contribution >= 0.6 is 15.6 Å². The number of carbonyl (C=O) groups is 7. The number of aromatic nitrogens is 2. The number of aromatic amines is 1. The summed E-state index contributed by atoms with van der Waals surface area (Å²) >= 11 is 0. The molecule has 6 unspecified atom stereocenters. The minimum absolute atomic E-state index is 0.00343. The van der Waals surface area contributed by atoms with Crippen LogP contribution in [-0.2, 0) is 70.3 Å². The molecule has 0 radical (unpaired) electrons. The largest absolute Gasteiger partial charge is 0.483 e. The number of hydrogen-bond donors (Lipinski definition) is 15. The molecule has 0 spiro atoms. The van der Waals surface area contributed by atoms with Gasteiger partial charge in [0.1, 0.15) is 72.9 Å². The number of nitrogens with zero attached hydrogens (tertiary/aromatic N) is 1. The van der Waals surface area contributed by atoms with E-state index in [1.807, 2.05) is 4.98 Å². The Morgan fingerprint density at radius 3 is 2.04 bits per heavy atom. The van der Waals surface area contributed by atoms with E-state index < -0.39 is 180 Å². The second kappa shape index (κ2) is 25.9. The molecule has 1 aromatic heterocycles. The van der Waals surface area contributed by atoms with Gasteiger partial charge in [0.25, 0.3) is 5.56 Å². The monoisotopic (exact) mass is 1050 g/mol. The van der Waals surface area contributed by atoms with Crippen LogP contribution in [0.25, 0.3) is 0 Å². The topological polar surface area (TPSA) is 520 Å². The third-order valence-corrected chi connectivity index (χ3v) is 12.8. The average Bonchev–Trinajstić information content (AvgIpc) is 3.53. The number of aliphatic hydroxyl groups excluding tert-OH is 4. The van der Waals surface area contributed by atoms with Gasteiger partial charge in [-0.3, -0.25) is 47.4 Å². The lowest BCUT2D eigenvalue weighted by molar-refractivity contribution is -0.261. The van der Waals surface area contributed by atoms with E-state index in [1.165, 1.54) is 0 Å². The van der Waals surface area contributed by atoms with Gasteiger partial charge in [-0.1, -0.05) is 0 Å². The molecule has 33 nitrogen and oxygen atoms in total. The molecule has 2 aliphatic heterocycles. The van der Waals surface area contributed by atoms with E-state index in [0.717, 1.165) is 33.0 Å². The van der Waals surface area contributed by atoms with Crippen LogP contribution in [0.15, 0.2) is 21.9 Å². The predicted octanol–water partition coefficient (Wildman–Crippen LogP) is -6.23. The summed E-state index contributed by atoms with van der Waals surface area (Å²) in [5.41, 5.74) is 3.51. The number of phosphoric acid groups is 2. The van der Waals surface area contributed by atoms with E-state index in [2.05, 4.69) is 30.1 Å². The van der Waals surface area contributed by atoms with Gasteiger partial charge >= 0.3 is 39.2 Å². The highest BCUT2D eigenvalue weighted by atomic mass is 31.3. The Hall–Kier alpha value is -5.09. The lowest BCUT2D eigenvalue weighted by Gasteiger charge is -2.44. The van der Waals surface area contributed by atoms with Crippen LogP contribution in [0.3, 0.4) is 0 Å². The molecule has 0 aromatic carbocycles. The van der Waals surface area contributed by atoms with Gasteiger partial charge in [0.15, 0.2) is 12.5 Å². The van der Waals surface area contributed by atoms with Gasteiger partial charge < -0.3 is 86.7 Å². The predicted molar refractivity (Wildman–Crippen MR) is 224 cm³/mol. The molecule has 3 heterocycles. The van der Waals surface area contributed by atoms with Crippen LogP contribution in [0.1, 0.15) is 59.1 Å². The fraction of sp³-hybridized carbons (Fsp3) is 0.686. The van der Waals surface area contributed by atoms with Gasteiger partial charge in [0.05, 0.1) is 13.2 Å². The zero-order valence-electron chi connectivity index (χ0n) is 37.1. The van der Waals surface area contributed by atoms with Crippen LogP contribution in [0.4, 0.5) is 0 Å². The molecule has 396 valence electrons. The summed E-state index contributed by atoms with van der Waals surface area (Å²) < 4.78 is 56.8. The molecular formula is C35H55N7O26P2. The van der Waals surface area contributed by atoms with Crippen LogP contribution in [0, 0.1) is 0 Å². The summed E-state index contributed by atoms with van der Waals surface area (Å²) in [4.78, 5) is 132. The number of hydrogen-bond acceptors (Lipinski definition) is 22. The molecule has 2 aliphatic rings. The number of nitrogens with two attached hydrogens (primary N) is 1. The summed E-state index contributed by atoms with van der Waals surface area (Å²) in [7, 11) is -11.7. The number of aliphatic carboxylic acids is 3. The molecule has 1 aromatic rings. The van der Waals surface area contributed by atoms with Gasteiger partial charge in [-0.25, -0.2) is 23.5 Å². The number of H-pyrrole nitrogens is 1. The maximum atomic E-state index is 13.2. The Bertz CT molecular complexity index is 2270. The number of carbonyl (C=O) groups excluding carboxylic acids is 4. The Morgan fingerprint density at radius 1 is 0.843 bits per heavy atom. The van der Waals surface area contributed by atoms with Crippen molar-refractivity contribution in [1.82, 2.24) is 30.8 Å². The van der Waals surface area contributed by atoms with E-state index in [0.29, 0.717) is 4.57 Å². The van der Waals surface area contributed by atoms with Crippen molar-refractivity contribution < 1.29 is 116 Å². The van der Waals surface area contributed by atoms with E-state index in [1.54, 1.807) is 0 Å². The molecule has 0 aliphatic carbocycles. The smallest absolute Gasteiger partial charge is 0.480 e. The molecular weight excluding hydrogens is 996 g/mol. The molecule has 70 heavy (non-hydrogen) atoms. The Kier molecular flexibility index (Phi) is 21.9. The molecule has 16 atom stereocenters. The maximum absolute atomic E-state index is 13.2. The normalized spacial score (nSPS) is 27.3. The zero-order valence-corrected chi connectivity index (χ0v) is 38.9. The molecule has 0 saturated carbocycles. The van der Waals surface area contributed by atoms with E-state index in [-0.39, 0.29) is 19.3 Å². The number of nitrogens with one attached hydrogen (secondary N) is 5. The summed E-state index contributed by atoms with van der Waals surface area (Å²) in [6.07, 6.45) is -17.6. The fourth-order valence-electron chi connectivity index (χ4n) is 6.62. The first-order valence-electron chi connectivity index (χ1n) is 20.7. The van der Waals surface area contributed by atoms with Crippen LogP contribution in [-0.4, -0.2) is 189 Å². The highest BCUT2D eigenvalue weighted by Crippen LogP contribution is 2.61.